The van der Waals surface area contributed by atoms with Gasteiger partial charge in [-0.25, -0.2) is 9.37 Å². The van der Waals surface area contributed by atoms with Crippen molar-refractivity contribution >= 4 is 34.3 Å². The second-order valence-electron chi connectivity index (χ2n) is 6.34. The minimum Gasteiger partial charge on any atom is -0.490 e. The molecule has 3 rings (SSSR count). The van der Waals surface area contributed by atoms with Gasteiger partial charge in [0.1, 0.15) is 5.82 Å². The molecule has 0 aliphatic heterocycles. The molecule has 0 unspecified atom stereocenters. The summed E-state index contributed by atoms with van der Waals surface area (Å²) < 4.78 is 24.5. The Hall–Kier alpha value is -2.64. The Labute approximate surface area is 178 Å². The van der Waals surface area contributed by atoms with Gasteiger partial charge in [-0.15, -0.1) is 11.3 Å². The van der Waals surface area contributed by atoms with Gasteiger partial charge in [-0.1, -0.05) is 11.6 Å². The van der Waals surface area contributed by atoms with Crippen LogP contribution in [-0.4, -0.2) is 23.9 Å². The van der Waals surface area contributed by atoms with Crippen LogP contribution in [0.25, 0.3) is 11.3 Å². The van der Waals surface area contributed by atoms with Crippen LogP contribution in [0.5, 0.6) is 11.5 Å². The lowest BCUT2D eigenvalue weighted by Crippen LogP contribution is -2.08. The van der Waals surface area contributed by atoms with Crippen LogP contribution in [0.2, 0.25) is 5.02 Å². The van der Waals surface area contributed by atoms with Crippen LogP contribution in [-0.2, 0) is 0 Å². The first-order chi connectivity index (χ1) is 14.0. The van der Waals surface area contributed by atoms with E-state index in [1.807, 2.05) is 32.2 Å². The van der Waals surface area contributed by atoms with Crippen LogP contribution >= 0.6 is 22.9 Å². The molecule has 0 aliphatic rings. The maximum atomic E-state index is 13.1. The fourth-order valence-corrected chi connectivity index (χ4v) is 3.45. The standard InChI is InChI=1S/C21H21ClFN3O2S/c1-4-27-19-10-14(9-17(22)20(19)28-13(2)3)11-24-26-21-25-18(12-29-21)15-5-7-16(23)8-6-15/h5-13H,4H2,1-3H3,(H,25,26)/b24-11-. The third kappa shape index (κ3) is 5.68. The third-order valence-corrected chi connectivity index (χ3v) is 4.73. The monoisotopic (exact) mass is 433 g/mol. The van der Waals surface area contributed by atoms with Crippen molar-refractivity contribution in [3.63, 3.8) is 0 Å². The van der Waals surface area contributed by atoms with Crippen molar-refractivity contribution in [2.24, 2.45) is 5.10 Å². The summed E-state index contributed by atoms with van der Waals surface area (Å²) in [5.41, 5.74) is 5.26. The summed E-state index contributed by atoms with van der Waals surface area (Å²) in [5.74, 6) is 0.822. The summed E-state index contributed by atoms with van der Waals surface area (Å²) in [6, 6.07) is 9.78. The van der Waals surface area contributed by atoms with Crippen LogP contribution in [0.15, 0.2) is 46.9 Å². The fourth-order valence-electron chi connectivity index (χ4n) is 2.52. The first-order valence-electron chi connectivity index (χ1n) is 9.09. The van der Waals surface area contributed by atoms with Gasteiger partial charge in [-0.2, -0.15) is 5.10 Å². The zero-order valence-corrected chi connectivity index (χ0v) is 17.9. The molecule has 0 saturated heterocycles. The van der Waals surface area contributed by atoms with E-state index < -0.39 is 0 Å². The largest absolute Gasteiger partial charge is 0.490 e. The lowest BCUT2D eigenvalue weighted by molar-refractivity contribution is 0.224. The summed E-state index contributed by atoms with van der Waals surface area (Å²) in [6.45, 7) is 6.25. The Morgan fingerprint density at radius 3 is 2.72 bits per heavy atom. The van der Waals surface area contributed by atoms with Gasteiger partial charge in [0.05, 0.1) is 29.6 Å². The van der Waals surface area contributed by atoms with Gasteiger partial charge >= 0.3 is 0 Å². The Balaban J connectivity index is 1.72. The molecule has 0 bridgehead atoms. The summed E-state index contributed by atoms with van der Waals surface area (Å²) in [4.78, 5) is 4.45. The normalized spacial score (nSPS) is 11.2. The number of aromatic nitrogens is 1. The summed E-state index contributed by atoms with van der Waals surface area (Å²) >= 11 is 7.78. The average Bonchev–Trinajstić information content (AvgIpc) is 3.14. The summed E-state index contributed by atoms with van der Waals surface area (Å²) in [5, 5.41) is 7.19. The van der Waals surface area contributed by atoms with Gasteiger partial charge < -0.3 is 9.47 Å². The van der Waals surface area contributed by atoms with Gasteiger partial charge in [-0.05, 0) is 62.7 Å². The second kappa shape index (κ2) is 9.71. The van der Waals surface area contributed by atoms with E-state index >= 15 is 0 Å². The van der Waals surface area contributed by atoms with Crippen molar-refractivity contribution in [2.45, 2.75) is 26.9 Å². The third-order valence-electron chi connectivity index (χ3n) is 3.70. The zero-order valence-electron chi connectivity index (χ0n) is 16.3. The number of nitrogens with zero attached hydrogens (tertiary/aromatic N) is 2. The SMILES string of the molecule is CCOc1cc(/C=N\Nc2nc(-c3ccc(F)cc3)cs2)cc(Cl)c1OC(C)C. The van der Waals surface area contributed by atoms with E-state index in [-0.39, 0.29) is 11.9 Å². The molecule has 0 aliphatic carbocycles. The molecule has 152 valence electrons. The van der Waals surface area contributed by atoms with E-state index in [9.17, 15) is 4.39 Å². The van der Waals surface area contributed by atoms with Crippen molar-refractivity contribution in [1.82, 2.24) is 4.98 Å². The van der Waals surface area contributed by atoms with Crippen molar-refractivity contribution in [3.05, 3.63) is 58.2 Å². The Bertz CT molecular complexity index is 990. The number of thiazole rings is 1. The molecule has 1 N–H and O–H groups in total. The molecule has 0 atom stereocenters. The molecule has 2 aromatic carbocycles. The number of anilines is 1. The van der Waals surface area contributed by atoms with E-state index in [0.29, 0.717) is 28.3 Å². The van der Waals surface area contributed by atoms with Crippen molar-refractivity contribution in [3.8, 4) is 22.8 Å². The summed E-state index contributed by atoms with van der Waals surface area (Å²) in [6.07, 6.45) is 1.61. The van der Waals surface area contributed by atoms with Gasteiger partial charge in [0.15, 0.2) is 11.5 Å². The molecule has 3 aromatic rings. The molecule has 0 fully saturated rings. The lowest BCUT2D eigenvalue weighted by Gasteiger charge is -2.16. The van der Waals surface area contributed by atoms with E-state index in [1.54, 1.807) is 24.4 Å². The van der Waals surface area contributed by atoms with Crippen LogP contribution in [0.3, 0.4) is 0 Å². The summed E-state index contributed by atoms with van der Waals surface area (Å²) in [7, 11) is 0. The number of benzene rings is 2. The van der Waals surface area contributed by atoms with Gasteiger partial charge in [0, 0.05) is 10.9 Å². The molecule has 0 amide bonds. The highest BCUT2D eigenvalue weighted by Crippen LogP contribution is 2.37. The van der Waals surface area contributed by atoms with Crippen molar-refractivity contribution in [2.75, 3.05) is 12.0 Å². The molecule has 0 spiro atoms. The number of ether oxygens (including phenoxy) is 2. The molecule has 1 heterocycles. The Morgan fingerprint density at radius 2 is 2.03 bits per heavy atom. The zero-order chi connectivity index (χ0) is 20.8. The Morgan fingerprint density at radius 1 is 1.28 bits per heavy atom. The number of rotatable bonds is 8. The predicted octanol–water partition coefficient (Wildman–Crippen LogP) is 6.23. The number of hydrazone groups is 1. The highest BCUT2D eigenvalue weighted by Gasteiger charge is 2.13. The topological polar surface area (TPSA) is 55.7 Å². The fraction of sp³-hybridized carbons (Fsp3) is 0.238. The van der Waals surface area contributed by atoms with Crippen LogP contribution < -0.4 is 14.9 Å². The quantitative estimate of drug-likeness (QED) is 0.337. The Kier molecular flexibility index (Phi) is 7.06. The molecule has 5 nitrogen and oxygen atoms in total. The highest BCUT2D eigenvalue weighted by atomic mass is 35.5. The molecule has 1 aromatic heterocycles. The lowest BCUT2D eigenvalue weighted by atomic mass is 10.2. The molecular formula is C21H21ClFN3O2S. The minimum absolute atomic E-state index is 0.0203. The number of nitrogens with one attached hydrogen (secondary N) is 1. The van der Waals surface area contributed by atoms with E-state index in [2.05, 4.69) is 15.5 Å². The van der Waals surface area contributed by atoms with E-state index in [4.69, 9.17) is 21.1 Å². The van der Waals surface area contributed by atoms with Crippen LogP contribution in [0.4, 0.5) is 9.52 Å². The van der Waals surface area contributed by atoms with E-state index in [0.717, 1.165) is 16.8 Å². The number of hydrogen-bond acceptors (Lipinski definition) is 6. The van der Waals surface area contributed by atoms with Gasteiger partial charge in [0.2, 0.25) is 5.13 Å². The molecule has 0 saturated carbocycles. The van der Waals surface area contributed by atoms with Crippen LogP contribution in [0.1, 0.15) is 26.3 Å². The first-order valence-corrected chi connectivity index (χ1v) is 10.4. The maximum absolute atomic E-state index is 13.1. The maximum Gasteiger partial charge on any atom is 0.203 e. The van der Waals surface area contributed by atoms with Gasteiger partial charge in [0.25, 0.3) is 0 Å². The minimum atomic E-state index is -0.276. The average molecular weight is 434 g/mol. The van der Waals surface area contributed by atoms with Crippen LogP contribution in [0, 0.1) is 5.82 Å². The highest BCUT2D eigenvalue weighted by molar-refractivity contribution is 7.14. The molecule has 29 heavy (non-hydrogen) atoms. The van der Waals surface area contributed by atoms with Crippen molar-refractivity contribution in [1.29, 1.82) is 0 Å². The predicted molar refractivity (Wildman–Crippen MR) is 117 cm³/mol. The number of hydrogen-bond donors (Lipinski definition) is 1. The number of halogens is 2. The van der Waals surface area contributed by atoms with E-state index in [1.165, 1.54) is 23.5 Å². The van der Waals surface area contributed by atoms with Crippen molar-refractivity contribution < 1.29 is 13.9 Å². The molecule has 8 heteroatoms. The molecule has 0 radical (unpaired) electrons. The van der Waals surface area contributed by atoms with Gasteiger partial charge in [-0.3, -0.25) is 5.43 Å². The smallest absolute Gasteiger partial charge is 0.203 e. The second-order valence-corrected chi connectivity index (χ2v) is 7.61. The first kappa shape index (κ1) is 21.1. The molecular weight excluding hydrogens is 413 g/mol.